The molecule has 0 radical (unpaired) electrons. The number of hydrogen-bond donors (Lipinski definition) is 0. The van der Waals surface area contributed by atoms with E-state index < -0.39 is 0 Å². The predicted octanol–water partition coefficient (Wildman–Crippen LogP) is 2.95. The smallest absolute Gasteiger partial charge is 0.210 e. The van der Waals surface area contributed by atoms with E-state index in [9.17, 15) is 0 Å². The number of pyridine rings is 2. The van der Waals surface area contributed by atoms with Crippen molar-refractivity contribution in [3.05, 3.63) is 90.5 Å². The molecule has 0 amide bonds. The maximum atomic E-state index is 4.35. The van der Waals surface area contributed by atoms with Crippen LogP contribution in [-0.2, 0) is 6.42 Å². The third-order valence-corrected chi connectivity index (χ3v) is 3.06. The second kappa shape index (κ2) is 5.44. The fourth-order valence-electron chi connectivity index (χ4n) is 2.07. The van der Waals surface area contributed by atoms with E-state index in [1.165, 1.54) is 11.3 Å². The molecule has 3 aromatic rings. The van der Waals surface area contributed by atoms with Crippen LogP contribution in [0.1, 0.15) is 11.3 Å². The summed E-state index contributed by atoms with van der Waals surface area (Å²) in [5, 5.41) is 0. The van der Waals surface area contributed by atoms with E-state index in [0.717, 1.165) is 12.1 Å². The molecule has 0 unspecified atom stereocenters. The minimum atomic E-state index is 0.876. The van der Waals surface area contributed by atoms with Gasteiger partial charge < -0.3 is 0 Å². The van der Waals surface area contributed by atoms with Crippen molar-refractivity contribution in [2.45, 2.75) is 6.42 Å². The second-order valence-electron chi connectivity index (χ2n) is 4.45. The third kappa shape index (κ3) is 2.86. The Kier molecular flexibility index (Phi) is 3.32. The molecular formula is C17H15N2+. The van der Waals surface area contributed by atoms with Crippen LogP contribution < -0.4 is 4.57 Å². The van der Waals surface area contributed by atoms with Crippen LogP contribution in [0, 0.1) is 0 Å². The summed E-state index contributed by atoms with van der Waals surface area (Å²) in [5.74, 6) is 0. The molecule has 0 aliphatic rings. The highest BCUT2D eigenvalue weighted by Gasteiger charge is 2.04. The molecule has 0 saturated carbocycles. The average molecular weight is 247 g/mol. The molecule has 2 heterocycles. The lowest BCUT2D eigenvalue weighted by Crippen LogP contribution is -2.28. The van der Waals surface area contributed by atoms with Crippen LogP contribution >= 0.6 is 0 Å². The van der Waals surface area contributed by atoms with E-state index in [1.807, 2.05) is 48.9 Å². The molecule has 0 atom stereocenters. The molecule has 0 fully saturated rings. The van der Waals surface area contributed by atoms with Gasteiger partial charge in [-0.2, -0.15) is 4.57 Å². The minimum absolute atomic E-state index is 0.876. The first kappa shape index (κ1) is 11.6. The standard InChI is InChI=1S/C17H15N2/c1-4-12-19(13-5-1)17-9-7-15(8-10-17)14-16-6-2-3-11-18-16/h1-13H,14H2/q+1. The highest BCUT2D eigenvalue weighted by molar-refractivity contribution is 5.29. The Morgan fingerprint density at radius 2 is 1.58 bits per heavy atom. The SMILES string of the molecule is c1cc[n+](-c2ccc(Cc3ccccn3)cc2)cc1. The van der Waals surface area contributed by atoms with Gasteiger partial charge in [0.1, 0.15) is 0 Å². The molecule has 3 rings (SSSR count). The lowest BCUT2D eigenvalue weighted by Gasteiger charge is -2.01. The molecule has 0 bridgehead atoms. The van der Waals surface area contributed by atoms with Crippen molar-refractivity contribution in [3.63, 3.8) is 0 Å². The van der Waals surface area contributed by atoms with Crippen molar-refractivity contribution in [1.82, 2.24) is 4.98 Å². The lowest BCUT2D eigenvalue weighted by atomic mass is 10.1. The zero-order valence-electron chi connectivity index (χ0n) is 10.6. The number of hydrogen-bond acceptors (Lipinski definition) is 1. The highest BCUT2D eigenvalue weighted by atomic mass is 14.9. The fourth-order valence-corrected chi connectivity index (χ4v) is 2.07. The Labute approximate surface area is 113 Å². The van der Waals surface area contributed by atoms with Crippen LogP contribution in [0.25, 0.3) is 5.69 Å². The molecule has 19 heavy (non-hydrogen) atoms. The normalized spacial score (nSPS) is 10.3. The van der Waals surface area contributed by atoms with Gasteiger partial charge in [0.05, 0.1) is 0 Å². The quantitative estimate of drug-likeness (QED) is 0.650. The topological polar surface area (TPSA) is 16.8 Å². The first-order valence-corrected chi connectivity index (χ1v) is 6.37. The molecular weight excluding hydrogens is 232 g/mol. The summed E-state index contributed by atoms with van der Waals surface area (Å²) < 4.78 is 2.10. The Morgan fingerprint density at radius 3 is 2.26 bits per heavy atom. The largest absolute Gasteiger partial charge is 0.261 e. The molecule has 2 heteroatoms. The van der Waals surface area contributed by atoms with Crippen molar-refractivity contribution in [1.29, 1.82) is 0 Å². The van der Waals surface area contributed by atoms with Crippen LogP contribution in [0.5, 0.6) is 0 Å². The molecule has 0 N–H and O–H groups in total. The van der Waals surface area contributed by atoms with Gasteiger partial charge >= 0.3 is 0 Å². The number of nitrogens with zero attached hydrogens (tertiary/aromatic N) is 2. The van der Waals surface area contributed by atoms with Gasteiger partial charge in [0.15, 0.2) is 12.4 Å². The van der Waals surface area contributed by atoms with Crippen LogP contribution in [0.3, 0.4) is 0 Å². The highest BCUT2D eigenvalue weighted by Crippen LogP contribution is 2.08. The molecule has 2 nitrogen and oxygen atoms in total. The van der Waals surface area contributed by atoms with E-state index in [2.05, 4.69) is 39.9 Å². The van der Waals surface area contributed by atoms with Gasteiger partial charge in [-0.05, 0) is 17.7 Å². The molecule has 0 spiro atoms. The maximum absolute atomic E-state index is 4.35. The van der Waals surface area contributed by atoms with E-state index in [4.69, 9.17) is 0 Å². The lowest BCUT2D eigenvalue weighted by molar-refractivity contribution is -0.595. The van der Waals surface area contributed by atoms with Crippen molar-refractivity contribution < 1.29 is 4.57 Å². The fraction of sp³-hybridized carbons (Fsp3) is 0.0588. The van der Waals surface area contributed by atoms with Gasteiger partial charge in [0, 0.05) is 42.6 Å². The van der Waals surface area contributed by atoms with Crippen LogP contribution in [0.4, 0.5) is 0 Å². The summed E-state index contributed by atoms with van der Waals surface area (Å²) in [6, 6.07) is 20.7. The zero-order valence-corrected chi connectivity index (χ0v) is 10.6. The second-order valence-corrected chi connectivity index (χ2v) is 4.45. The molecule has 1 aromatic carbocycles. The zero-order chi connectivity index (χ0) is 12.9. The predicted molar refractivity (Wildman–Crippen MR) is 75.0 cm³/mol. The molecule has 0 saturated heterocycles. The number of aromatic nitrogens is 2. The summed E-state index contributed by atoms with van der Waals surface area (Å²) in [5.41, 5.74) is 3.55. The van der Waals surface area contributed by atoms with Gasteiger partial charge in [-0.3, -0.25) is 4.98 Å². The summed E-state index contributed by atoms with van der Waals surface area (Å²) in [7, 11) is 0. The first-order valence-electron chi connectivity index (χ1n) is 6.37. The minimum Gasteiger partial charge on any atom is -0.261 e. The molecule has 92 valence electrons. The van der Waals surface area contributed by atoms with Crippen LogP contribution in [0.2, 0.25) is 0 Å². The summed E-state index contributed by atoms with van der Waals surface area (Å²) in [6.07, 6.45) is 6.81. The van der Waals surface area contributed by atoms with Gasteiger partial charge in [-0.1, -0.05) is 24.3 Å². The Hall–Kier alpha value is -2.48. The Bertz CT molecular complexity index is 631. The number of rotatable bonds is 3. The van der Waals surface area contributed by atoms with Crippen molar-refractivity contribution in [2.75, 3.05) is 0 Å². The van der Waals surface area contributed by atoms with Crippen molar-refractivity contribution >= 4 is 0 Å². The van der Waals surface area contributed by atoms with Crippen LogP contribution in [0.15, 0.2) is 79.3 Å². The van der Waals surface area contributed by atoms with E-state index in [0.29, 0.717) is 0 Å². The summed E-state index contributed by atoms with van der Waals surface area (Å²) in [4.78, 5) is 4.35. The van der Waals surface area contributed by atoms with Crippen molar-refractivity contribution in [3.8, 4) is 5.69 Å². The van der Waals surface area contributed by atoms with E-state index in [-0.39, 0.29) is 0 Å². The Balaban J connectivity index is 1.80. The molecule has 0 aliphatic heterocycles. The average Bonchev–Trinajstić information content (AvgIpc) is 2.50. The van der Waals surface area contributed by atoms with Gasteiger partial charge in [0.2, 0.25) is 5.69 Å². The molecule has 2 aromatic heterocycles. The van der Waals surface area contributed by atoms with Crippen LogP contribution in [-0.4, -0.2) is 4.98 Å². The molecule has 0 aliphatic carbocycles. The van der Waals surface area contributed by atoms with Gasteiger partial charge in [-0.15, -0.1) is 0 Å². The van der Waals surface area contributed by atoms with E-state index in [1.54, 1.807) is 0 Å². The van der Waals surface area contributed by atoms with Gasteiger partial charge in [-0.25, -0.2) is 0 Å². The first-order chi connectivity index (χ1) is 9.42. The van der Waals surface area contributed by atoms with Gasteiger partial charge in [0.25, 0.3) is 0 Å². The summed E-state index contributed by atoms with van der Waals surface area (Å²) in [6.45, 7) is 0. The van der Waals surface area contributed by atoms with Crippen molar-refractivity contribution in [2.24, 2.45) is 0 Å². The summed E-state index contributed by atoms with van der Waals surface area (Å²) >= 11 is 0. The Morgan fingerprint density at radius 1 is 0.789 bits per heavy atom. The monoisotopic (exact) mass is 247 g/mol. The van der Waals surface area contributed by atoms with E-state index >= 15 is 0 Å². The number of benzene rings is 1. The maximum Gasteiger partial charge on any atom is 0.210 e. The third-order valence-electron chi connectivity index (χ3n) is 3.06.